The van der Waals surface area contributed by atoms with E-state index in [1.807, 2.05) is 0 Å². The molecule has 0 amide bonds. The summed E-state index contributed by atoms with van der Waals surface area (Å²) in [6.07, 6.45) is 2.47. The zero-order chi connectivity index (χ0) is 13.5. The van der Waals surface area contributed by atoms with E-state index in [-0.39, 0.29) is 0 Å². The summed E-state index contributed by atoms with van der Waals surface area (Å²) in [6.45, 7) is 8.89. The molecule has 0 radical (unpaired) electrons. The van der Waals surface area contributed by atoms with E-state index in [9.17, 15) is 0 Å². The van der Waals surface area contributed by atoms with Crippen LogP contribution in [0.5, 0.6) is 0 Å². The van der Waals surface area contributed by atoms with Gasteiger partial charge in [-0.1, -0.05) is 48.7 Å². The van der Waals surface area contributed by atoms with Crippen molar-refractivity contribution < 1.29 is 0 Å². The van der Waals surface area contributed by atoms with E-state index in [0.717, 1.165) is 23.5 Å². The molecule has 1 nitrogen and oxygen atoms in total. The van der Waals surface area contributed by atoms with Gasteiger partial charge < -0.3 is 4.90 Å². The zero-order valence-electron chi connectivity index (χ0n) is 11.5. The normalized spacial score (nSPS) is 11.0. The van der Waals surface area contributed by atoms with E-state index in [2.05, 4.69) is 59.8 Å². The van der Waals surface area contributed by atoms with Crippen LogP contribution in [0.4, 0.5) is 5.69 Å². The number of anilines is 1. The summed E-state index contributed by atoms with van der Waals surface area (Å²) in [5.41, 5.74) is 2.49. The zero-order valence-corrected chi connectivity index (χ0v) is 13.9. The Kier molecular flexibility index (Phi) is 7.10. The van der Waals surface area contributed by atoms with E-state index >= 15 is 0 Å². The van der Waals surface area contributed by atoms with E-state index in [0.29, 0.717) is 5.88 Å². The maximum Gasteiger partial charge on any atom is 0.0494 e. The third-order valence-corrected chi connectivity index (χ3v) is 4.33. The van der Waals surface area contributed by atoms with Gasteiger partial charge in [0.05, 0.1) is 0 Å². The Hall–Kier alpha value is -0.210. The number of benzene rings is 1. The number of halogens is 2. The summed E-state index contributed by atoms with van der Waals surface area (Å²) in [5.74, 6) is 1.33. The lowest BCUT2D eigenvalue weighted by Gasteiger charge is -2.29. The van der Waals surface area contributed by atoms with Gasteiger partial charge in [0, 0.05) is 29.1 Å². The van der Waals surface area contributed by atoms with Crippen LogP contribution in [0.15, 0.2) is 22.7 Å². The molecule has 0 aliphatic rings. The van der Waals surface area contributed by atoms with E-state index in [4.69, 9.17) is 11.6 Å². The predicted octanol–water partition coefficient (Wildman–Crippen LogP) is 5.45. The highest BCUT2D eigenvalue weighted by atomic mass is 79.9. The SMILES string of the molecule is CCC(CC)CN(CC)c1cc(Br)ccc1CCl. The van der Waals surface area contributed by atoms with Gasteiger partial charge in [-0.15, -0.1) is 11.6 Å². The summed E-state index contributed by atoms with van der Waals surface area (Å²) >= 11 is 9.60. The number of alkyl halides is 1. The molecule has 0 bridgehead atoms. The van der Waals surface area contributed by atoms with Crippen molar-refractivity contribution >= 4 is 33.2 Å². The Morgan fingerprint density at radius 1 is 1.22 bits per heavy atom. The van der Waals surface area contributed by atoms with Gasteiger partial charge in [0.2, 0.25) is 0 Å². The van der Waals surface area contributed by atoms with Crippen molar-refractivity contribution in [2.24, 2.45) is 5.92 Å². The molecular formula is C15H23BrClN. The number of rotatable bonds is 7. The first-order valence-corrected chi connectivity index (χ1v) is 8.08. The molecular weight excluding hydrogens is 310 g/mol. The highest BCUT2D eigenvalue weighted by Crippen LogP contribution is 2.28. The summed E-state index contributed by atoms with van der Waals surface area (Å²) < 4.78 is 1.12. The van der Waals surface area contributed by atoms with Crippen molar-refractivity contribution in [2.75, 3.05) is 18.0 Å². The topological polar surface area (TPSA) is 3.24 Å². The summed E-state index contributed by atoms with van der Waals surface area (Å²) in [6, 6.07) is 6.36. The number of nitrogens with zero attached hydrogens (tertiary/aromatic N) is 1. The summed E-state index contributed by atoms with van der Waals surface area (Å²) in [5, 5.41) is 0. The van der Waals surface area contributed by atoms with E-state index < -0.39 is 0 Å². The van der Waals surface area contributed by atoms with Crippen LogP contribution in [0, 0.1) is 5.92 Å². The first kappa shape index (κ1) is 15.8. The minimum Gasteiger partial charge on any atom is -0.371 e. The molecule has 0 spiro atoms. The molecule has 0 aromatic heterocycles. The number of hydrogen-bond donors (Lipinski definition) is 0. The Labute approximate surface area is 125 Å². The third-order valence-electron chi connectivity index (χ3n) is 3.55. The lowest BCUT2D eigenvalue weighted by Crippen LogP contribution is -2.29. The average molecular weight is 333 g/mol. The Balaban J connectivity index is 2.96. The van der Waals surface area contributed by atoms with Crippen molar-refractivity contribution in [2.45, 2.75) is 39.5 Å². The first-order valence-electron chi connectivity index (χ1n) is 6.75. The van der Waals surface area contributed by atoms with Gasteiger partial charge in [-0.25, -0.2) is 0 Å². The second-order valence-electron chi connectivity index (χ2n) is 4.63. The fourth-order valence-corrected chi connectivity index (χ4v) is 2.78. The molecule has 0 fully saturated rings. The Morgan fingerprint density at radius 2 is 1.89 bits per heavy atom. The molecule has 0 aliphatic heterocycles. The van der Waals surface area contributed by atoms with E-state index in [1.54, 1.807) is 0 Å². The standard InChI is InChI=1S/C15H23BrClN/c1-4-12(5-2)11-18(6-3)15-9-14(16)8-7-13(15)10-17/h7-9,12H,4-6,10-11H2,1-3H3. The molecule has 0 atom stereocenters. The smallest absolute Gasteiger partial charge is 0.0494 e. The molecule has 1 aromatic rings. The molecule has 102 valence electrons. The molecule has 0 unspecified atom stereocenters. The van der Waals surface area contributed by atoms with Crippen LogP contribution in [0.25, 0.3) is 0 Å². The largest absolute Gasteiger partial charge is 0.371 e. The highest BCUT2D eigenvalue weighted by molar-refractivity contribution is 9.10. The van der Waals surface area contributed by atoms with Gasteiger partial charge in [-0.2, -0.15) is 0 Å². The quantitative estimate of drug-likeness (QED) is 0.600. The van der Waals surface area contributed by atoms with Gasteiger partial charge in [0.15, 0.2) is 0 Å². The van der Waals surface area contributed by atoms with Crippen molar-refractivity contribution in [3.63, 3.8) is 0 Å². The van der Waals surface area contributed by atoms with Crippen LogP contribution in [0.1, 0.15) is 39.2 Å². The lowest BCUT2D eigenvalue weighted by atomic mass is 10.0. The van der Waals surface area contributed by atoms with Crippen LogP contribution in [0.3, 0.4) is 0 Å². The second kappa shape index (κ2) is 8.06. The number of hydrogen-bond acceptors (Lipinski definition) is 1. The van der Waals surface area contributed by atoms with Gasteiger partial charge in [0.1, 0.15) is 0 Å². The molecule has 0 saturated carbocycles. The van der Waals surface area contributed by atoms with Gasteiger partial charge >= 0.3 is 0 Å². The van der Waals surface area contributed by atoms with Crippen molar-refractivity contribution in [1.82, 2.24) is 0 Å². The summed E-state index contributed by atoms with van der Waals surface area (Å²) in [4.78, 5) is 2.44. The van der Waals surface area contributed by atoms with E-state index in [1.165, 1.54) is 24.1 Å². The monoisotopic (exact) mass is 331 g/mol. The minimum absolute atomic E-state index is 0.571. The Bertz CT molecular complexity index is 364. The fourth-order valence-electron chi connectivity index (χ4n) is 2.20. The molecule has 0 heterocycles. The van der Waals surface area contributed by atoms with Gasteiger partial charge in [-0.3, -0.25) is 0 Å². The maximum absolute atomic E-state index is 6.05. The predicted molar refractivity (Wildman–Crippen MR) is 85.7 cm³/mol. The van der Waals surface area contributed by atoms with Crippen LogP contribution >= 0.6 is 27.5 Å². The molecule has 1 rings (SSSR count). The molecule has 0 aliphatic carbocycles. The first-order chi connectivity index (χ1) is 8.65. The van der Waals surface area contributed by atoms with Gasteiger partial charge in [-0.05, 0) is 30.5 Å². The van der Waals surface area contributed by atoms with Crippen LogP contribution in [0.2, 0.25) is 0 Å². The maximum atomic E-state index is 6.05. The third kappa shape index (κ3) is 4.17. The molecule has 18 heavy (non-hydrogen) atoms. The second-order valence-corrected chi connectivity index (χ2v) is 5.81. The van der Waals surface area contributed by atoms with Crippen LogP contribution in [-0.4, -0.2) is 13.1 Å². The van der Waals surface area contributed by atoms with Crippen molar-refractivity contribution in [1.29, 1.82) is 0 Å². The summed E-state index contributed by atoms with van der Waals surface area (Å²) in [7, 11) is 0. The fraction of sp³-hybridized carbons (Fsp3) is 0.600. The average Bonchev–Trinajstić information content (AvgIpc) is 2.40. The Morgan fingerprint density at radius 3 is 2.39 bits per heavy atom. The highest BCUT2D eigenvalue weighted by Gasteiger charge is 2.14. The van der Waals surface area contributed by atoms with Crippen molar-refractivity contribution in [3.8, 4) is 0 Å². The minimum atomic E-state index is 0.571. The van der Waals surface area contributed by atoms with Crippen LogP contribution in [-0.2, 0) is 5.88 Å². The molecule has 3 heteroatoms. The van der Waals surface area contributed by atoms with Crippen LogP contribution < -0.4 is 4.90 Å². The molecule has 0 saturated heterocycles. The molecule has 1 aromatic carbocycles. The van der Waals surface area contributed by atoms with Crippen molar-refractivity contribution in [3.05, 3.63) is 28.2 Å². The van der Waals surface area contributed by atoms with Gasteiger partial charge in [0.25, 0.3) is 0 Å². The lowest BCUT2D eigenvalue weighted by molar-refractivity contribution is 0.486. The molecule has 0 N–H and O–H groups in total.